The van der Waals surface area contributed by atoms with Crippen LogP contribution in [0.1, 0.15) is 11.5 Å². The van der Waals surface area contributed by atoms with E-state index in [1.54, 1.807) is 24.3 Å². The third kappa shape index (κ3) is 2.02. The smallest absolute Gasteiger partial charge is 0.232 e. The first-order chi connectivity index (χ1) is 9.79. The number of nitriles is 1. The highest BCUT2D eigenvalue weighted by Gasteiger charge is 2.17. The summed E-state index contributed by atoms with van der Waals surface area (Å²) in [5, 5.41) is 18.8. The van der Waals surface area contributed by atoms with Crippen molar-refractivity contribution in [3.63, 3.8) is 0 Å². The van der Waals surface area contributed by atoms with Crippen LogP contribution < -0.4 is 0 Å². The summed E-state index contributed by atoms with van der Waals surface area (Å²) in [5.74, 6) is -0.181. The minimum atomic E-state index is -0.414. The van der Waals surface area contributed by atoms with E-state index in [1.165, 1.54) is 0 Å². The first-order valence-electron chi connectivity index (χ1n) is 6.04. The van der Waals surface area contributed by atoms with Gasteiger partial charge in [0.1, 0.15) is 11.6 Å². The van der Waals surface area contributed by atoms with E-state index in [1.807, 2.05) is 36.4 Å². The van der Waals surface area contributed by atoms with Gasteiger partial charge in [-0.1, -0.05) is 42.5 Å². The van der Waals surface area contributed by atoms with Gasteiger partial charge in [0.2, 0.25) is 11.6 Å². The van der Waals surface area contributed by atoms with E-state index >= 15 is 0 Å². The van der Waals surface area contributed by atoms with Gasteiger partial charge in [0.05, 0.1) is 5.57 Å². The number of oxazole rings is 1. The van der Waals surface area contributed by atoms with Crippen molar-refractivity contribution in [1.29, 1.82) is 5.26 Å². The van der Waals surface area contributed by atoms with Gasteiger partial charge in [0.15, 0.2) is 5.58 Å². The first kappa shape index (κ1) is 12.0. The highest BCUT2D eigenvalue weighted by atomic mass is 16.3. The zero-order valence-electron chi connectivity index (χ0n) is 10.4. The lowest BCUT2D eigenvalue weighted by Gasteiger charge is -2.03. The minimum absolute atomic E-state index is 0.233. The van der Waals surface area contributed by atoms with Crippen molar-refractivity contribution in [2.75, 3.05) is 0 Å². The summed E-state index contributed by atoms with van der Waals surface area (Å²) in [7, 11) is 0. The lowest BCUT2D eigenvalue weighted by Crippen LogP contribution is -1.93. The van der Waals surface area contributed by atoms with Gasteiger partial charge >= 0.3 is 0 Å². The van der Waals surface area contributed by atoms with Crippen molar-refractivity contribution in [1.82, 2.24) is 4.98 Å². The van der Waals surface area contributed by atoms with Crippen molar-refractivity contribution in [3.05, 3.63) is 71.8 Å². The Labute approximate surface area is 115 Å². The Balaban J connectivity index is 2.24. The molecule has 0 fully saturated rings. The lowest BCUT2D eigenvalue weighted by atomic mass is 10.1. The van der Waals surface area contributed by atoms with Gasteiger partial charge < -0.3 is 9.52 Å². The van der Waals surface area contributed by atoms with Crippen molar-refractivity contribution < 1.29 is 9.52 Å². The fourth-order valence-corrected chi connectivity index (χ4v) is 2.00. The molecule has 0 aliphatic rings. The number of fused-ring (bicyclic) bond motifs is 1. The SMILES string of the molecule is N#C/C(O)=C(\c1ccccc1)c1nc2ccccc2o1. The molecule has 3 rings (SSSR count). The third-order valence-electron chi connectivity index (χ3n) is 2.91. The van der Waals surface area contributed by atoms with Gasteiger partial charge in [-0.05, 0) is 17.7 Å². The maximum atomic E-state index is 9.87. The summed E-state index contributed by atoms with van der Waals surface area (Å²) < 4.78 is 5.63. The Kier molecular flexibility index (Phi) is 2.94. The van der Waals surface area contributed by atoms with Crippen molar-refractivity contribution in [2.45, 2.75) is 0 Å². The molecule has 0 saturated heterocycles. The van der Waals surface area contributed by atoms with Crippen LogP contribution in [0.2, 0.25) is 0 Å². The first-order valence-corrected chi connectivity index (χ1v) is 6.04. The molecule has 4 heteroatoms. The molecule has 0 saturated carbocycles. The topological polar surface area (TPSA) is 70.0 Å². The second-order valence-corrected chi connectivity index (χ2v) is 4.19. The highest BCUT2D eigenvalue weighted by molar-refractivity contribution is 5.83. The van der Waals surface area contributed by atoms with Gasteiger partial charge in [-0.2, -0.15) is 5.26 Å². The van der Waals surface area contributed by atoms with Crippen LogP contribution in [-0.2, 0) is 0 Å². The number of nitrogens with zero attached hydrogens (tertiary/aromatic N) is 2. The van der Waals surface area contributed by atoms with E-state index in [0.29, 0.717) is 22.2 Å². The summed E-state index contributed by atoms with van der Waals surface area (Å²) in [5.41, 5.74) is 2.27. The molecule has 0 radical (unpaired) electrons. The highest BCUT2D eigenvalue weighted by Crippen LogP contribution is 2.28. The number of aromatic nitrogens is 1. The normalized spacial score (nSPS) is 11.9. The number of para-hydroxylation sites is 2. The van der Waals surface area contributed by atoms with Gasteiger partial charge in [-0.25, -0.2) is 4.98 Å². The molecular weight excluding hydrogens is 252 g/mol. The standard InChI is InChI=1S/C16H10N2O2/c17-10-13(19)15(11-6-2-1-3-7-11)16-18-12-8-4-5-9-14(12)20-16/h1-9,19H/b15-13-. The number of aliphatic hydroxyl groups is 1. The molecule has 96 valence electrons. The Hall–Kier alpha value is -3.06. The molecule has 0 atom stereocenters. The van der Waals surface area contributed by atoms with Gasteiger partial charge in [0, 0.05) is 0 Å². The Morgan fingerprint density at radius 3 is 2.45 bits per heavy atom. The molecule has 1 N–H and O–H groups in total. The lowest BCUT2D eigenvalue weighted by molar-refractivity contribution is 0.436. The van der Waals surface area contributed by atoms with E-state index < -0.39 is 5.76 Å². The fraction of sp³-hybridized carbons (Fsp3) is 0. The van der Waals surface area contributed by atoms with Gasteiger partial charge in [0.25, 0.3) is 0 Å². The third-order valence-corrected chi connectivity index (χ3v) is 2.91. The van der Waals surface area contributed by atoms with Crippen LogP contribution in [0.15, 0.2) is 64.8 Å². The van der Waals surface area contributed by atoms with Crippen molar-refractivity contribution in [2.24, 2.45) is 0 Å². The van der Waals surface area contributed by atoms with Crippen molar-refractivity contribution >= 4 is 16.7 Å². The Morgan fingerprint density at radius 1 is 1.05 bits per heavy atom. The number of rotatable bonds is 2. The molecule has 1 heterocycles. The van der Waals surface area contributed by atoms with E-state index in [4.69, 9.17) is 9.68 Å². The summed E-state index contributed by atoms with van der Waals surface area (Å²) in [4.78, 5) is 4.32. The maximum absolute atomic E-state index is 9.87. The molecule has 0 aliphatic heterocycles. The van der Waals surface area contributed by atoms with Crippen LogP contribution >= 0.6 is 0 Å². The zero-order valence-corrected chi connectivity index (χ0v) is 10.4. The predicted molar refractivity (Wildman–Crippen MR) is 74.7 cm³/mol. The molecule has 0 unspecified atom stereocenters. The molecule has 0 bridgehead atoms. The van der Waals surface area contributed by atoms with E-state index in [0.717, 1.165) is 0 Å². The summed E-state index contributed by atoms with van der Waals surface area (Å²) in [6, 6.07) is 18.1. The monoisotopic (exact) mass is 262 g/mol. The molecule has 1 aromatic heterocycles. The molecule has 0 spiro atoms. The van der Waals surface area contributed by atoms with E-state index in [2.05, 4.69) is 4.98 Å². The molecule has 0 aliphatic carbocycles. The van der Waals surface area contributed by atoms with Crippen LogP contribution in [0.3, 0.4) is 0 Å². The molecule has 3 aromatic rings. The molecule has 4 nitrogen and oxygen atoms in total. The number of aliphatic hydroxyl groups excluding tert-OH is 1. The second kappa shape index (κ2) is 4.90. The molecular formula is C16H10N2O2. The molecule has 2 aromatic carbocycles. The average Bonchev–Trinajstić information content (AvgIpc) is 2.91. The number of benzene rings is 2. The largest absolute Gasteiger partial charge is 0.499 e. The number of allylic oxidation sites excluding steroid dienone is 1. The summed E-state index contributed by atoms with van der Waals surface area (Å²) in [6.45, 7) is 0. The van der Waals surface area contributed by atoms with E-state index in [-0.39, 0.29) is 5.89 Å². The summed E-state index contributed by atoms with van der Waals surface area (Å²) >= 11 is 0. The van der Waals surface area contributed by atoms with E-state index in [9.17, 15) is 5.11 Å². The Bertz CT molecular complexity index is 793. The van der Waals surface area contributed by atoms with Crippen LogP contribution in [0.5, 0.6) is 0 Å². The van der Waals surface area contributed by atoms with Gasteiger partial charge in [-0.15, -0.1) is 0 Å². The molecule has 20 heavy (non-hydrogen) atoms. The van der Waals surface area contributed by atoms with Gasteiger partial charge in [-0.3, -0.25) is 0 Å². The maximum Gasteiger partial charge on any atom is 0.232 e. The molecule has 0 amide bonds. The second-order valence-electron chi connectivity index (χ2n) is 4.19. The van der Waals surface area contributed by atoms with Crippen LogP contribution in [-0.4, -0.2) is 10.1 Å². The average molecular weight is 262 g/mol. The van der Waals surface area contributed by atoms with Crippen molar-refractivity contribution in [3.8, 4) is 6.07 Å². The fourth-order valence-electron chi connectivity index (χ4n) is 2.00. The van der Waals surface area contributed by atoms with Crippen LogP contribution in [0.4, 0.5) is 0 Å². The summed E-state index contributed by atoms with van der Waals surface area (Å²) in [6.07, 6.45) is 0. The van der Waals surface area contributed by atoms with Crippen LogP contribution in [0, 0.1) is 11.3 Å². The quantitative estimate of drug-likeness (QED) is 0.434. The Morgan fingerprint density at radius 2 is 1.75 bits per heavy atom. The van der Waals surface area contributed by atoms with Crippen LogP contribution in [0.25, 0.3) is 16.7 Å². The minimum Gasteiger partial charge on any atom is -0.499 e. The predicted octanol–water partition coefficient (Wildman–Crippen LogP) is 3.67. The number of hydrogen-bond acceptors (Lipinski definition) is 4. The zero-order chi connectivity index (χ0) is 13.9. The number of hydrogen-bond donors (Lipinski definition) is 1.